The number of carboxylic acid groups (broad SMARTS) is 1. The molecule has 35 heavy (non-hydrogen) atoms. The van der Waals surface area contributed by atoms with Gasteiger partial charge in [-0.15, -0.1) is 0 Å². The Hall–Kier alpha value is -3.35. The number of rotatable bonds is 11. The lowest BCUT2D eigenvalue weighted by Crippen LogP contribution is -2.38. The molecule has 0 aliphatic heterocycles. The highest BCUT2D eigenvalue weighted by molar-refractivity contribution is 5.79. The lowest BCUT2D eigenvalue weighted by atomic mass is 9.73. The molecule has 1 fully saturated rings. The van der Waals surface area contributed by atoms with Crippen molar-refractivity contribution < 1.29 is 24.2 Å². The van der Waals surface area contributed by atoms with Crippen LogP contribution in [0.4, 0.5) is 4.79 Å². The molecule has 1 saturated carbocycles. The number of ether oxygens (including phenoxy) is 1. The fraction of sp³-hybridized carbons (Fsp3) is 0.464. The van der Waals surface area contributed by atoms with E-state index < -0.39 is 12.1 Å². The Bertz CT molecular complexity index is 1020. The van der Waals surface area contributed by atoms with Gasteiger partial charge in [-0.25, -0.2) is 4.79 Å². The summed E-state index contributed by atoms with van der Waals surface area (Å²) < 4.78 is 5.59. The first-order valence-electron chi connectivity index (χ1n) is 12.5. The Morgan fingerprint density at radius 2 is 1.60 bits per heavy atom. The molecule has 0 saturated heterocycles. The predicted octanol–water partition coefficient (Wildman–Crippen LogP) is 4.56. The standard InChI is InChI=1S/C28H34N2O5/c1-18(12-27(32)33)10-11-29-26(31)15-19-13-20(14-19)16-30-28(34)35-17-25-23-8-4-2-6-21(23)22-7-3-5-9-24(22)25/h2-9,18-20,25H,10-17H2,1H3,(H,29,31)(H,30,34)(H,32,33). The van der Waals surface area contributed by atoms with Crippen LogP contribution < -0.4 is 10.6 Å². The van der Waals surface area contributed by atoms with Crippen molar-refractivity contribution in [3.8, 4) is 11.1 Å². The van der Waals surface area contributed by atoms with Crippen LogP contribution in [0.1, 0.15) is 56.1 Å². The summed E-state index contributed by atoms with van der Waals surface area (Å²) in [6.45, 7) is 3.24. The van der Waals surface area contributed by atoms with Gasteiger partial charge in [-0.2, -0.15) is 0 Å². The third-order valence-electron chi connectivity index (χ3n) is 7.17. The second kappa shape index (κ2) is 11.4. The van der Waals surface area contributed by atoms with E-state index in [2.05, 4.69) is 34.9 Å². The van der Waals surface area contributed by atoms with Crippen LogP contribution in [0.3, 0.4) is 0 Å². The van der Waals surface area contributed by atoms with E-state index in [1.165, 1.54) is 22.3 Å². The summed E-state index contributed by atoms with van der Waals surface area (Å²) in [4.78, 5) is 35.1. The quantitative estimate of drug-likeness (QED) is 0.439. The molecule has 4 rings (SSSR count). The topological polar surface area (TPSA) is 105 Å². The zero-order valence-corrected chi connectivity index (χ0v) is 20.2. The molecule has 0 heterocycles. The lowest BCUT2D eigenvalue weighted by Gasteiger charge is -2.35. The molecule has 2 aliphatic rings. The van der Waals surface area contributed by atoms with Crippen molar-refractivity contribution in [3.63, 3.8) is 0 Å². The molecular weight excluding hydrogens is 444 g/mol. The summed E-state index contributed by atoms with van der Waals surface area (Å²) >= 11 is 0. The van der Waals surface area contributed by atoms with Crippen molar-refractivity contribution in [2.24, 2.45) is 17.8 Å². The number of benzene rings is 2. The highest BCUT2D eigenvalue weighted by Gasteiger charge is 2.32. The Morgan fingerprint density at radius 3 is 2.23 bits per heavy atom. The molecule has 1 unspecified atom stereocenters. The molecule has 2 aromatic rings. The van der Waals surface area contributed by atoms with Crippen molar-refractivity contribution >= 4 is 18.0 Å². The van der Waals surface area contributed by atoms with Gasteiger partial charge in [0.25, 0.3) is 0 Å². The number of aliphatic carboxylic acids is 1. The second-order valence-corrected chi connectivity index (χ2v) is 9.96. The van der Waals surface area contributed by atoms with Gasteiger partial charge in [0, 0.05) is 31.8 Å². The van der Waals surface area contributed by atoms with Crippen LogP contribution in [0.2, 0.25) is 0 Å². The predicted molar refractivity (Wildman–Crippen MR) is 133 cm³/mol. The number of fused-ring (bicyclic) bond motifs is 3. The van der Waals surface area contributed by atoms with Gasteiger partial charge in [-0.3, -0.25) is 9.59 Å². The van der Waals surface area contributed by atoms with Crippen molar-refractivity contribution in [2.75, 3.05) is 19.7 Å². The van der Waals surface area contributed by atoms with Crippen LogP contribution in [0.15, 0.2) is 48.5 Å². The minimum absolute atomic E-state index is 0.0143. The summed E-state index contributed by atoms with van der Waals surface area (Å²) in [5.74, 6) is -0.00199. The second-order valence-electron chi connectivity index (χ2n) is 9.96. The van der Waals surface area contributed by atoms with Crippen LogP contribution in [0.5, 0.6) is 0 Å². The first-order chi connectivity index (χ1) is 16.9. The highest BCUT2D eigenvalue weighted by atomic mass is 16.5. The van der Waals surface area contributed by atoms with Crippen LogP contribution in [-0.2, 0) is 14.3 Å². The smallest absolute Gasteiger partial charge is 0.407 e. The Balaban J connectivity index is 1.12. The van der Waals surface area contributed by atoms with E-state index in [0.717, 1.165) is 12.8 Å². The van der Waals surface area contributed by atoms with Crippen LogP contribution in [0, 0.1) is 17.8 Å². The molecule has 0 aromatic heterocycles. The monoisotopic (exact) mass is 478 g/mol. The van der Waals surface area contributed by atoms with Crippen LogP contribution in [-0.4, -0.2) is 42.8 Å². The number of carbonyl (C=O) groups is 3. The largest absolute Gasteiger partial charge is 0.481 e. The van der Waals surface area contributed by atoms with E-state index in [-0.39, 0.29) is 24.2 Å². The summed E-state index contributed by atoms with van der Waals surface area (Å²) in [5.41, 5.74) is 4.80. The number of nitrogens with one attached hydrogen (secondary N) is 2. The third-order valence-corrected chi connectivity index (χ3v) is 7.17. The SMILES string of the molecule is CC(CCNC(=O)CC1CC(CNC(=O)OCC2c3ccccc3-c3ccccc32)C1)CC(=O)O. The molecule has 0 bridgehead atoms. The number of carboxylic acids is 1. The number of carbonyl (C=O) groups excluding carboxylic acids is 2. The van der Waals surface area contributed by atoms with Gasteiger partial charge in [-0.1, -0.05) is 55.5 Å². The van der Waals surface area contributed by atoms with Gasteiger partial charge in [0.15, 0.2) is 0 Å². The molecule has 0 radical (unpaired) electrons. The number of alkyl carbamates (subject to hydrolysis) is 1. The summed E-state index contributed by atoms with van der Waals surface area (Å²) in [5, 5.41) is 14.6. The summed E-state index contributed by atoms with van der Waals surface area (Å²) in [6, 6.07) is 16.5. The van der Waals surface area contributed by atoms with Crippen molar-refractivity contribution in [2.45, 2.75) is 44.9 Å². The van der Waals surface area contributed by atoms with Gasteiger partial charge >= 0.3 is 12.1 Å². The van der Waals surface area contributed by atoms with E-state index in [4.69, 9.17) is 9.84 Å². The van der Waals surface area contributed by atoms with E-state index in [1.807, 2.05) is 31.2 Å². The molecule has 0 spiro atoms. The van der Waals surface area contributed by atoms with Crippen molar-refractivity contribution in [3.05, 3.63) is 59.7 Å². The third kappa shape index (κ3) is 6.41. The fourth-order valence-corrected chi connectivity index (χ4v) is 5.28. The molecular formula is C28H34N2O5. The maximum absolute atomic E-state index is 12.3. The van der Waals surface area contributed by atoms with Crippen LogP contribution >= 0.6 is 0 Å². The summed E-state index contributed by atoms with van der Waals surface area (Å²) in [7, 11) is 0. The fourth-order valence-electron chi connectivity index (χ4n) is 5.28. The molecule has 2 amide bonds. The van der Waals surface area contributed by atoms with Crippen molar-refractivity contribution in [1.82, 2.24) is 10.6 Å². The number of hydrogen-bond donors (Lipinski definition) is 3. The molecule has 2 aromatic carbocycles. The minimum atomic E-state index is -0.809. The first-order valence-corrected chi connectivity index (χ1v) is 12.5. The minimum Gasteiger partial charge on any atom is -0.481 e. The van der Waals surface area contributed by atoms with Gasteiger partial charge in [0.05, 0.1) is 0 Å². The van der Waals surface area contributed by atoms with E-state index in [1.54, 1.807) is 0 Å². The maximum Gasteiger partial charge on any atom is 0.407 e. The van der Waals surface area contributed by atoms with Gasteiger partial charge in [0.1, 0.15) is 6.61 Å². The average Bonchev–Trinajstić information content (AvgIpc) is 3.12. The first kappa shape index (κ1) is 24.8. The molecule has 2 aliphatic carbocycles. The van der Waals surface area contributed by atoms with E-state index >= 15 is 0 Å². The van der Waals surface area contributed by atoms with E-state index in [0.29, 0.717) is 44.4 Å². The Labute approximate surface area is 206 Å². The van der Waals surface area contributed by atoms with Gasteiger partial charge in [0.2, 0.25) is 5.91 Å². The Kier molecular flexibility index (Phi) is 8.06. The normalized spacial score (nSPS) is 19.1. The molecule has 186 valence electrons. The molecule has 7 heteroatoms. The number of amides is 2. The zero-order valence-electron chi connectivity index (χ0n) is 20.2. The van der Waals surface area contributed by atoms with Gasteiger partial charge < -0.3 is 20.5 Å². The molecule has 1 atom stereocenters. The molecule has 7 nitrogen and oxygen atoms in total. The average molecular weight is 479 g/mol. The molecule has 3 N–H and O–H groups in total. The Morgan fingerprint density at radius 1 is 0.971 bits per heavy atom. The van der Waals surface area contributed by atoms with E-state index in [9.17, 15) is 14.4 Å². The number of hydrogen-bond acceptors (Lipinski definition) is 4. The van der Waals surface area contributed by atoms with Gasteiger partial charge in [-0.05, 0) is 59.3 Å². The summed E-state index contributed by atoms with van der Waals surface area (Å²) in [6.07, 6.45) is 2.68. The van der Waals surface area contributed by atoms with Crippen LogP contribution in [0.25, 0.3) is 11.1 Å². The lowest BCUT2D eigenvalue weighted by molar-refractivity contribution is -0.138. The zero-order chi connectivity index (χ0) is 24.8. The van der Waals surface area contributed by atoms with Crippen molar-refractivity contribution in [1.29, 1.82) is 0 Å². The maximum atomic E-state index is 12.3. The highest BCUT2D eigenvalue weighted by Crippen LogP contribution is 2.44.